The van der Waals surface area contributed by atoms with E-state index in [0.29, 0.717) is 16.8 Å². The molecule has 1 unspecified atom stereocenters. The summed E-state index contributed by atoms with van der Waals surface area (Å²) in [4.78, 5) is 13.1. The highest BCUT2D eigenvalue weighted by Crippen LogP contribution is 2.23. The predicted octanol–water partition coefficient (Wildman–Crippen LogP) is 3.89. The van der Waals surface area contributed by atoms with E-state index in [4.69, 9.17) is 4.74 Å². The molecule has 0 aliphatic carbocycles. The van der Waals surface area contributed by atoms with Gasteiger partial charge in [0, 0.05) is 5.56 Å². The smallest absolute Gasteiger partial charge is 0.256 e. The first-order chi connectivity index (χ1) is 12.3. The van der Waals surface area contributed by atoms with Gasteiger partial charge in [-0.15, -0.1) is 5.10 Å². The Kier molecular flexibility index (Phi) is 3.96. The van der Waals surface area contributed by atoms with Gasteiger partial charge in [-0.3, -0.25) is 4.79 Å². The largest absolute Gasteiger partial charge is 0.461 e. The summed E-state index contributed by atoms with van der Waals surface area (Å²) < 4.78 is 7.52. The van der Waals surface area contributed by atoms with Crippen molar-refractivity contribution in [2.24, 2.45) is 0 Å². The van der Waals surface area contributed by atoms with Crippen molar-refractivity contribution in [2.45, 2.75) is 6.23 Å². The molecule has 0 fully saturated rings. The second kappa shape index (κ2) is 6.57. The first-order valence-electron chi connectivity index (χ1n) is 7.94. The number of nitrogens with zero attached hydrogens (tertiary/aromatic N) is 3. The number of benzene rings is 3. The Balaban J connectivity index is 1.79. The van der Waals surface area contributed by atoms with E-state index in [1.54, 1.807) is 12.1 Å². The minimum absolute atomic E-state index is 0.180. The summed E-state index contributed by atoms with van der Waals surface area (Å²) >= 11 is 0. The SMILES string of the molecule is O=C(c1ccccc1)C(Oc1ccccc1)n1nnc2ccccc21. The average molecular weight is 329 g/mol. The number of hydrogen-bond donors (Lipinski definition) is 0. The van der Waals surface area contributed by atoms with Crippen molar-refractivity contribution in [3.63, 3.8) is 0 Å². The lowest BCUT2D eigenvalue weighted by molar-refractivity contribution is 0.0627. The molecule has 0 spiro atoms. The lowest BCUT2D eigenvalue weighted by atomic mass is 10.1. The third kappa shape index (κ3) is 2.99. The number of ether oxygens (including phenoxy) is 1. The van der Waals surface area contributed by atoms with Crippen molar-refractivity contribution in [3.05, 3.63) is 90.5 Å². The minimum atomic E-state index is -0.933. The highest BCUT2D eigenvalue weighted by Gasteiger charge is 2.26. The van der Waals surface area contributed by atoms with Crippen LogP contribution in [0.15, 0.2) is 84.9 Å². The van der Waals surface area contributed by atoms with Gasteiger partial charge in [0.05, 0.1) is 5.52 Å². The van der Waals surface area contributed by atoms with Gasteiger partial charge in [-0.05, 0) is 24.3 Å². The number of Topliss-reactive ketones (excluding diaryl/α,β-unsaturated/α-hetero) is 1. The van der Waals surface area contributed by atoms with Gasteiger partial charge in [0.15, 0.2) is 0 Å². The summed E-state index contributed by atoms with van der Waals surface area (Å²) in [6.45, 7) is 0. The van der Waals surface area contributed by atoms with Gasteiger partial charge < -0.3 is 4.74 Å². The molecule has 0 aliphatic heterocycles. The summed E-state index contributed by atoms with van der Waals surface area (Å²) in [6, 6.07) is 25.8. The van der Waals surface area contributed by atoms with Gasteiger partial charge in [0.2, 0.25) is 5.78 Å². The Bertz CT molecular complexity index is 997. The fourth-order valence-corrected chi connectivity index (χ4v) is 2.65. The zero-order chi connectivity index (χ0) is 17.1. The van der Waals surface area contributed by atoms with E-state index >= 15 is 0 Å². The summed E-state index contributed by atoms with van der Waals surface area (Å²) in [5, 5.41) is 8.30. The first-order valence-corrected chi connectivity index (χ1v) is 7.94. The second-order valence-electron chi connectivity index (χ2n) is 5.54. The Morgan fingerprint density at radius 3 is 2.24 bits per heavy atom. The van der Waals surface area contributed by atoms with Crippen LogP contribution in [0.3, 0.4) is 0 Å². The Morgan fingerprint density at radius 2 is 1.48 bits per heavy atom. The number of carbonyl (C=O) groups excluding carboxylic acids is 1. The second-order valence-corrected chi connectivity index (χ2v) is 5.54. The molecule has 0 radical (unpaired) electrons. The number of carbonyl (C=O) groups is 1. The molecule has 1 atom stereocenters. The monoisotopic (exact) mass is 329 g/mol. The van der Waals surface area contributed by atoms with Crippen molar-refractivity contribution < 1.29 is 9.53 Å². The van der Waals surface area contributed by atoms with E-state index in [1.807, 2.05) is 72.8 Å². The van der Waals surface area contributed by atoms with Crippen molar-refractivity contribution in [2.75, 3.05) is 0 Å². The molecular formula is C20H15N3O2. The lowest BCUT2D eigenvalue weighted by Crippen LogP contribution is -2.26. The molecule has 3 aromatic carbocycles. The maximum absolute atomic E-state index is 13.1. The van der Waals surface area contributed by atoms with Crippen molar-refractivity contribution in [1.29, 1.82) is 0 Å². The summed E-state index contributed by atoms with van der Waals surface area (Å²) in [5.74, 6) is 0.413. The maximum Gasteiger partial charge on any atom is 0.256 e. The van der Waals surface area contributed by atoms with Crippen molar-refractivity contribution in [3.8, 4) is 5.75 Å². The molecule has 25 heavy (non-hydrogen) atoms. The molecule has 5 nitrogen and oxygen atoms in total. The van der Waals surface area contributed by atoms with Crippen LogP contribution in [0.25, 0.3) is 11.0 Å². The minimum Gasteiger partial charge on any atom is -0.461 e. The molecule has 1 heterocycles. The van der Waals surface area contributed by atoms with E-state index in [2.05, 4.69) is 10.3 Å². The van der Waals surface area contributed by atoms with Gasteiger partial charge in [-0.25, -0.2) is 0 Å². The number of aromatic nitrogens is 3. The van der Waals surface area contributed by atoms with Gasteiger partial charge in [0.25, 0.3) is 6.23 Å². The number of para-hydroxylation sites is 2. The molecule has 122 valence electrons. The van der Waals surface area contributed by atoms with Crippen molar-refractivity contribution in [1.82, 2.24) is 15.0 Å². The molecule has 0 aliphatic rings. The van der Waals surface area contributed by atoms with Crippen LogP contribution >= 0.6 is 0 Å². The summed E-state index contributed by atoms with van der Waals surface area (Å²) in [5.41, 5.74) is 2.01. The molecule has 4 aromatic rings. The van der Waals surface area contributed by atoms with Crippen LogP contribution in [0.4, 0.5) is 0 Å². The fourth-order valence-electron chi connectivity index (χ4n) is 2.65. The summed E-state index contributed by atoms with van der Waals surface area (Å²) in [6.07, 6.45) is -0.933. The van der Waals surface area contributed by atoms with Gasteiger partial charge in [0.1, 0.15) is 11.3 Å². The maximum atomic E-state index is 13.1. The zero-order valence-corrected chi connectivity index (χ0v) is 13.3. The predicted molar refractivity (Wildman–Crippen MR) is 94.4 cm³/mol. The molecule has 0 saturated carbocycles. The Morgan fingerprint density at radius 1 is 0.840 bits per heavy atom. The molecule has 4 rings (SSSR count). The number of ketones is 1. The van der Waals surface area contributed by atoms with E-state index in [9.17, 15) is 4.79 Å². The average Bonchev–Trinajstić information content (AvgIpc) is 3.11. The quantitative estimate of drug-likeness (QED) is 0.521. The summed E-state index contributed by atoms with van der Waals surface area (Å²) in [7, 11) is 0. The lowest BCUT2D eigenvalue weighted by Gasteiger charge is -2.18. The third-order valence-electron chi connectivity index (χ3n) is 3.87. The van der Waals surface area contributed by atoms with E-state index in [-0.39, 0.29) is 5.78 Å². The fraction of sp³-hybridized carbons (Fsp3) is 0.0500. The van der Waals surface area contributed by atoms with Crippen LogP contribution in [0.1, 0.15) is 16.6 Å². The molecule has 0 saturated heterocycles. The van der Waals surface area contributed by atoms with Crippen LogP contribution in [0.2, 0.25) is 0 Å². The molecule has 0 bridgehead atoms. The number of hydrogen-bond acceptors (Lipinski definition) is 4. The van der Waals surface area contributed by atoms with Crippen LogP contribution in [0.5, 0.6) is 5.75 Å². The van der Waals surface area contributed by atoms with Gasteiger partial charge in [-0.2, -0.15) is 4.68 Å². The third-order valence-corrected chi connectivity index (χ3v) is 3.87. The highest BCUT2D eigenvalue weighted by molar-refractivity contribution is 5.99. The van der Waals surface area contributed by atoms with E-state index in [0.717, 1.165) is 5.52 Å². The first kappa shape index (κ1) is 15.1. The topological polar surface area (TPSA) is 57.0 Å². The van der Waals surface area contributed by atoms with Crippen LogP contribution in [0, 0.1) is 0 Å². The Labute approximate surface area is 144 Å². The number of rotatable bonds is 5. The highest BCUT2D eigenvalue weighted by atomic mass is 16.5. The standard InChI is InChI=1S/C20H15N3O2/c24-19(15-9-3-1-4-10-15)20(25-16-11-5-2-6-12-16)23-18-14-8-7-13-17(18)21-22-23/h1-14,20H. The zero-order valence-electron chi connectivity index (χ0n) is 13.3. The normalized spacial score (nSPS) is 12.0. The van der Waals surface area contributed by atoms with Crippen LogP contribution < -0.4 is 4.74 Å². The van der Waals surface area contributed by atoms with Crippen LogP contribution in [-0.2, 0) is 0 Å². The van der Waals surface area contributed by atoms with Gasteiger partial charge in [-0.1, -0.05) is 65.9 Å². The molecular weight excluding hydrogens is 314 g/mol. The number of fused-ring (bicyclic) bond motifs is 1. The van der Waals surface area contributed by atoms with Crippen LogP contribution in [-0.4, -0.2) is 20.8 Å². The Hall–Kier alpha value is -3.47. The molecule has 0 amide bonds. The van der Waals surface area contributed by atoms with Gasteiger partial charge >= 0.3 is 0 Å². The van der Waals surface area contributed by atoms with E-state index in [1.165, 1.54) is 4.68 Å². The molecule has 5 heteroatoms. The molecule has 1 aromatic heterocycles. The van der Waals surface area contributed by atoms with E-state index < -0.39 is 6.23 Å². The molecule has 0 N–H and O–H groups in total. The van der Waals surface area contributed by atoms with Crippen molar-refractivity contribution >= 4 is 16.8 Å².